The summed E-state index contributed by atoms with van der Waals surface area (Å²) in [5, 5.41) is 8.86. The molecule has 0 heterocycles. The Bertz CT molecular complexity index is 297. The van der Waals surface area contributed by atoms with E-state index in [0.717, 1.165) is 0 Å². The summed E-state index contributed by atoms with van der Waals surface area (Å²) in [5.74, 6) is -1.52. The molecule has 0 aromatic heterocycles. The quantitative estimate of drug-likeness (QED) is 0.618. The minimum absolute atomic E-state index is 0.0405. The largest absolute Gasteiger partial charge is 0.481 e. The molecule has 0 bridgehead atoms. The van der Waals surface area contributed by atoms with E-state index in [4.69, 9.17) is 14.6 Å². The second kappa shape index (κ2) is 6.18. The Kier molecular flexibility index (Phi) is 5.14. The number of carboxylic acids is 1. The summed E-state index contributed by atoms with van der Waals surface area (Å²) in [6.07, 6.45) is 2.28. The second-order valence-corrected chi connectivity index (χ2v) is 5.72. The van der Waals surface area contributed by atoms with Crippen molar-refractivity contribution in [3.63, 3.8) is 0 Å². The summed E-state index contributed by atoms with van der Waals surface area (Å²) in [5.41, 5.74) is -0.332. The molecule has 0 aliphatic heterocycles. The van der Waals surface area contributed by atoms with E-state index in [1.165, 1.54) is 0 Å². The van der Waals surface area contributed by atoms with Gasteiger partial charge < -0.3 is 14.6 Å². The smallest absolute Gasteiger partial charge is 0.311 e. The van der Waals surface area contributed by atoms with Crippen LogP contribution in [0.3, 0.4) is 0 Å². The zero-order chi connectivity index (χ0) is 13.8. The first-order valence-corrected chi connectivity index (χ1v) is 6.33. The van der Waals surface area contributed by atoms with Crippen LogP contribution in [0.1, 0.15) is 46.5 Å². The number of carbonyl (C=O) groups is 2. The molecule has 0 aromatic carbocycles. The van der Waals surface area contributed by atoms with E-state index in [1.54, 1.807) is 0 Å². The van der Waals surface area contributed by atoms with Crippen LogP contribution in [0.25, 0.3) is 0 Å². The fraction of sp³-hybridized carbons (Fsp3) is 0.846. The molecule has 0 amide bonds. The van der Waals surface area contributed by atoms with Crippen molar-refractivity contribution in [3.05, 3.63) is 0 Å². The predicted molar refractivity (Wildman–Crippen MR) is 64.9 cm³/mol. The van der Waals surface area contributed by atoms with E-state index in [0.29, 0.717) is 25.7 Å². The summed E-state index contributed by atoms with van der Waals surface area (Å²) in [4.78, 5) is 22.5. The van der Waals surface area contributed by atoms with Gasteiger partial charge in [0.2, 0.25) is 0 Å². The van der Waals surface area contributed by atoms with Crippen LogP contribution in [0.2, 0.25) is 0 Å². The van der Waals surface area contributed by atoms with Crippen LogP contribution in [-0.4, -0.2) is 29.4 Å². The number of ether oxygens (including phenoxy) is 2. The Morgan fingerprint density at radius 1 is 1.11 bits per heavy atom. The maximum Gasteiger partial charge on any atom is 0.311 e. The summed E-state index contributed by atoms with van der Waals surface area (Å²) in [6, 6.07) is 0. The van der Waals surface area contributed by atoms with Crippen LogP contribution in [0.4, 0.5) is 0 Å². The van der Waals surface area contributed by atoms with Gasteiger partial charge in [-0.1, -0.05) is 0 Å². The van der Waals surface area contributed by atoms with Gasteiger partial charge in [0, 0.05) is 0 Å². The molecule has 5 nitrogen and oxygen atoms in total. The molecule has 1 saturated carbocycles. The van der Waals surface area contributed by atoms with Crippen LogP contribution >= 0.6 is 0 Å². The van der Waals surface area contributed by atoms with E-state index in [2.05, 4.69) is 0 Å². The average Bonchev–Trinajstić information content (AvgIpc) is 2.27. The number of aliphatic carboxylic acids is 1. The third-order valence-electron chi connectivity index (χ3n) is 3.10. The number of carbonyl (C=O) groups excluding carboxylic acids is 1. The lowest BCUT2D eigenvalue weighted by Crippen LogP contribution is -2.29. The van der Waals surface area contributed by atoms with Gasteiger partial charge in [0.1, 0.15) is 0 Å². The Labute approximate surface area is 107 Å². The minimum atomic E-state index is -0.766. The van der Waals surface area contributed by atoms with Crippen molar-refractivity contribution in [1.82, 2.24) is 0 Å². The first kappa shape index (κ1) is 15.0. The van der Waals surface area contributed by atoms with Crippen LogP contribution in [0.15, 0.2) is 0 Å². The van der Waals surface area contributed by atoms with Gasteiger partial charge in [-0.25, -0.2) is 0 Å². The van der Waals surface area contributed by atoms with Crippen molar-refractivity contribution in [2.24, 2.45) is 11.8 Å². The van der Waals surface area contributed by atoms with Gasteiger partial charge in [0.25, 0.3) is 0 Å². The molecule has 1 N–H and O–H groups in total. The molecule has 5 heteroatoms. The number of hydrogen-bond acceptors (Lipinski definition) is 4. The van der Waals surface area contributed by atoms with E-state index >= 15 is 0 Å². The third-order valence-corrected chi connectivity index (χ3v) is 3.10. The van der Waals surface area contributed by atoms with Gasteiger partial charge in [-0.2, -0.15) is 0 Å². The molecule has 0 saturated heterocycles. The highest BCUT2D eigenvalue weighted by Gasteiger charge is 2.30. The van der Waals surface area contributed by atoms with Gasteiger partial charge >= 0.3 is 11.9 Å². The van der Waals surface area contributed by atoms with Crippen molar-refractivity contribution in [2.45, 2.75) is 52.1 Å². The summed E-state index contributed by atoms with van der Waals surface area (Å²) in [7, 11) is 0. The fourth-order valence-electron chi connectivity index (χ4n) is 1.96. The van der Waals surface area contributed by atoms with Crippen LogP contribution < -0.4 is 0 Å². The molecule has 1 rings (SSSR count). The van der Waals surface area contributed by atoms with Gasteiger partial charge in [0.05, 0.1) is 17.4 Å². The molecule has 0 radical (unpaired) electrons. The number of carboxylic acid groups (broad SMARTS) is 1. The molecule has 1 aliphatic rings. The third kappa shape index (κ3) is 5.04. The molecule has 18 heavy (non-hydrogen) atoms. The van der Waals surface area contributed by atoms with Crippen LogP contribution in [0.5, 0.6) is 0 Å². The Balaban J connectivity index is 2.26. The topological polar surface area (TPSA) is 72.8 Å². The lowest BCUT2D eigenvalue weighted by atomic mass is 9.82. The van der Waals surface area contributed by atoms with Gasteiger partial charge in [-0.3, -0.25) is 9.59 Å². The van der Waals surface area contributed by atoms with E-state index in [-0.39, 0.29) is 30.2 Å². The van der Waals surface area contributed by atoms with Crippen molar-refractivity contribution < 1.29 is 24.2 Å². The zero-order valence-electron chi connectivity index (χ0n) is 11.3. The Hall–Kier alpha value is -1.10. The Morgan fingerprint density at radius 2 is 1.61 bits per heavy atom. The van der Waals surface area contributed by atoms with Crippen LogP contribution in [0, 0.1) is 11.8 Å². The normalized spacial score (nSPS) is 24.6. The molecular formula is C13H22O5. The maximum atomic E-state index is 11.7. The summed E-state index contributed by atoms with van der Waals surface area (Å²) >= 11 is 0. The molecular weight excluding hydrogens is 236 g/mol. The summed E-state index contributed by atoms with van der Waals surface area (Å²) in [6.45, 7) is 5.62. The second-order valence-electron chi connectivity index (χ2n) is 5.72. The average molecular weight is 258 g/mol. The Morgan fingerprint density at radius 3 is 2.06 bits per heavy atom. The molecule has 0 atom stereocenters. The monoisotopic (exact) mass is 258 g/mol. The highest BCUT2D eigenvalue weighted by atomic mass is 16.7. The fourth-order valence-corrected chi connectivity index (χ4v) is 1.96. The van der Waals surface area contributed by atoms with Crippen molar-refractivity contribution in [3.8, 4) is 0 Å². The first-order chi connectivity index (χ1) is 8.29. The van der Waals surface area contributed by atoms with E-state index in [9.17, 15) is 9.59 Å². The SMILES string of the molecule is CC(C)(C)OCOC(=O)C1CCC(C(=O)O)CC1. The lowest BCUT2D eigenvalue weighted by Gasteiger charge is -2.25. The number of hydrogen-bond donors (Lipinski definition) is 1. The van der Waals surface area contributed by atoms with E-state index in [1.807, 2.05) is 20.8 Å². The first-order valence-electron chi connectivity index (χ1n) is 6.33. The van der Waals surface area contributed by atoms with E-state index < -0.39 is 5.97 Å². The van der Waals surface area contributed by atoms with Gasteiger partial charge in [-0.05, 0) is 46.5 Å². The zero-order valence-corrected chi connectivity index (χ0v) is 11.3. The minimum Gasteiger partial charge on any atom is -0.481 e. The lowest BCUT2D eigenvalue weighted by molar-refractivity contribution is -0.173. The molecule has 0 spiro atoms. The van der Waals surface area contributed by atoms with Crippen molar-refractivity contribution in [1.29, 1.82) is 0 Å². The van der Waals surface area contributed by atoms with Gasteiger partial charge in [0.15, 0.2) is 6.79 Å². The maximum absolute atomic E-state index is 11.7. The molecule has 1 aliphatic carbocycles. The molecule has 104 valence electrons. The van der Waals surface area contributed by atoms with Gasteiger partial charge in [-0.15, -0.1) is 0 Å². The number of rotatable bonds is 4. The van der Waals surface area contributed by atoms with Crippen LogP contribution in [-0.2, 0) is 19.1 Å². The van der Waals surface area contributed by atoms with Crippen molar-refractivity contribution >= 4 is 11.9 Å². The molecule has 0 aromatic rings. The number of esters is 1. The summed E-state index contributed by atoms with van der Waals surface area (Å²) < 4.78 is 10.4. The highest BCUT2D eigenvalue weighted by molar-refractivity contribution is 5.74. The van der Waals surface area contributed by atoms with Crippen molar-refractivity contribution in [2.75, 3.05) is 6.79 Å². The molecule has 0 unspecified atom stereocenters. The molecule has 1 fully saturated rings. The predicted octanol–water partition coefficient (Wildman–Crippen LogP) is 2.19. The standard InChI is InChI=1S/C13H22O5/c1-13(2,3)18-8-17-12(16)10-6-4-9(5-7-10)11(14)15/h9-10H,4-8H2,1-3H3,(H,14,15). The highest BCUT2D eigenvalue weighted by Crippen LogP contribution is 2.29.